The second kappa shape index (κ2) is 5.75. The molecular weight excluding hydrogens is 212 g/mol. The normalized spacial score (nSPS) is 14.5. The van der Waals surface area contributed by atoms with Crippen LogP contribution in [0.2, 0.25) is 0 Å². The third-order valence-corrected chi connectivity index (χ3v) is 2.60. The Labute approximate surface area is 92.8 Å². The van der Waals surface area contributed by atoms with E-state index in [4.69, 9.17) is 0 Å². The number of rotatable bonds is 6. The molecule has 4 nitrogen and oxygen atoms in total. The van der Waals surface area contributed by atoms with Crippen molar-refractivity contribution in [2.24, 2.45) is 0 Å². The van der Waals surface area contributed by atoms with Crippen molar-refractivity contribution in [1.29, 1.82) is 0 Å². The highest BCUT2D eigenvalue weighted by molar-refractivity contribution is 7.05. The van der Waals surface area contributed by atoms with Gasteiger partial charge in [-0.05, 0) is 11.5 Å². The number of hydrogen-bond donors (Lipinski definition) is 2. The summed E-state index contributed by atoms with van der Waals surface area (Å²) < 4.78 is 4.07. The third-order valence-electron chi connectivity index (χ3n) is 1.83. The van der Waals surface area contributed by atoms with Gasteiger partial charge in [-0.2, -0.15) is 4.37 Å². The van der Waals surface area contributed by atoms with Crippen LogP contribution in [0.15, 0.2) is 25.3 Å². The summed E-state index contributed by atoms with van der Waals surface area (Å²) in [6.07, 6.45) is 2.49. The van der Waals surface area contributed by atoms with E-state index in [1.807, 2.05) is 0 Å². The summed E-state index contributed by atoms with van der Waals surface area (Å²) in [5.41, 5.74) is 0. The lowest BCUT2D eigenvalue weighted by molar-refractivity contribution is 0.220. The van der Waals surface area contributed by atoms with Gasteiger partial charge < -0.3 is 10.2 Å². The zero-order valence-corrected chi connectivity index (χ0v) is 9.15. The van der Waals surface area contributed by atoms with Gasteiger partial charge in [0.1, 0.15) is 10.8 Å². The molecule has 0 aliphatic rings. The second-order valence-electron chi connectivity index (χ2n) is 3.12. The second-order valence-corrected chi connectivity index (χ2v) is 3.96. The maximum absolute atomic E-state index is 9.30. The summed E-state index contributed by atoms with van der Waals surface area (Å²) in [7, 11) is 0. The van der Waals surface area contributed by atoms with Gasteiger partial charge in [0.2, 0.25) is 0 Å². The molecule has 5 heteroatoms. The lowest BCUT2D eigenvalue weighted by Gasteiger charge is -2.00. The first-order chi connectivity index (χ1) is 7.15. The van der Waals surface area contributed by atoms with E-state index in [0.717, 1.165) is 5.01 Å². The summed E-state index contributed by atoms with van der Waals surface area (Å²) >= 11 is 1.23. The average molecular weight is 226 g/mol. The Hall–Kier alpha value is -1.04. The molecule has 1 aromatic heterocycles. The van der Waals surface area contributed by atoms with Crippen molar-refractivity contribution in [3.05, 3.63) is 36.1 Å². The average Bonchev–Trinajstić information content (AvgIpc) is 2.65. The molecule has 0 bridgehead atoms. The number of hydrogen-bond acceptors (Lipinski definition) is 5. The molecule has 2 unspecified atom stereocenters. The third kappa shape index (κ3) is 3.91. The van der Waals surface area contributed by atoms with Crippen molar-refractivity contribution in [3.63, 3.8) is 0 Å². The van der Waals surface area contributed by atoms with Gasteiger partial charge in [-0.25, -0.2) is 4.98 Å². The maximum atomic E-state index is 9.30. The zero-order valence-electron chi connectivity index (χ0n) is 8.33. The molecule has 0 aliphatic carbocycles. The van der Waals surface area contributed by atoms with Gasteiger partial charge in [-0.15, -0.1) is 13.2 Å². The molecule has 0 saturated heterocycles. The molecule has 2 atom stereocenters. The van der Waals surface area contributed by atoms with Crippen LogP contribution in [0.3, 0.4) is 0 Å². The molecule has 0 fully saturated rings. The molecule has 0 spiro atoms. The molecule has 1 heterocycles. The van der Waals surface area contributed by atoms with E-state index >= 15 is 0 Å². The number of aromatic nitrogens is 2. The first-order valence-electron chi connectivity index (χ1n) is 4.58. The van der Waals surface area contributed by atoms with Gasteiger partial charge in [-0.1, -0.05) is 12.2 Å². The fourth-order valence-electron chi connectivity index (χ4n) is 0.989. The minimum atomic E-state index is -0.614. The molecule has 1 aromatic rings. The van der Waals surface area contributed by atoms with Crippen molar-refractivity contribution < 1.29 is 10.2 Å². The van der Waals surface area contributed by atoms with Crippen LogP contribution < -0.4 is 0 Å². The zero-order chi connectivity index (χ0) is 11.3. The standard InChI is InChI=1S/C10H14N2O2S/c1-3-7(13)5-9-11-10(15-12-9)6-8(14)4-2/h3-4,7-8,13-14H,1-2,5-6H2. The molecule has 0 aliphatic heterocycles. The summed E-state index contributed by atoms with van der Waals surface area (Å²) in [4.78, 5) is 4.18. The van der Waals surface area contributed by atoms with Gasteiger partial charge in [-0.3, -0.25) is 0 Å². The monoisotopic (exact) mass is 226 g/mol. The van der Waals surface area contributed by atoms with Crippen molar-refractivity contribution >= 4 is 11.5 Å². The Kier molecular flexibility index (Phi) is 4.61. The van der Waals surface area contributed by atoms with Gasteiger partial charge >= 0.3 is 0 Å². The number of aliphatic hydroxyl groups is 2. The van der Waals surface area contributed by atoms with E-state index in [-0.39, 0.29) is 0 Å². The van der Waals surface area contributed by atoms with Gasteiger partial charge in [0.05, 0.1) is 12.2 Å². The molecule has 0 aromatic carbocycles. The first kappa shape index (κ1) is 12.0. The molecule has 0 radical (unpaired) electrons. The predicted octanol–water partition coefficient (Wildman–Crippen LogP) is 0.717. The number of nitrogens with zero attached hydrogens (tertiary/aromatic N) is 2. The Bertz CT molecular complexity index is 307. The highest BCUT2D eigenvalue weighted by Crippen LogP contribution is 2.09. The molecular formula is C10H14N2O2S. The van der Waals surface area contributed by atoms with E-state index in [2.05, 4.69) is 22.5 Å². The Morgan fingerprint density at radius 2 is 1.80 bits per heavy atom. The number of aliphatic hydroxyl groups excluding tert-OH is 2. The van der Waals surface area contributed by atoms with Crippen molar-refractivity contribution in [2.75, 3.05) is 0 Å². The van der Waals surface area contributed by atoms with Crippen LogP contribution in [-0.2, 0) is 12.8 Å². The van der Waals surface area contributed by atoms with E-state index in [9.17, 15) is 10.2 Å². The van der Waals surface area contributed by atoms with Crippen molar-refractivity contribution in [2.45, 2.75) is 25.0 Å². The van der Waals surface area contributed by atoms with E-state index in [1.165, 1.54) is 23.7 Å². The molecule has 0 amide bonds. The SMILES string of the molecule is C=CC(O)Cc1nsc(CC(O)C=C)n1. The summed E-state index contributed by atoms with van der Waals surface area (Å²) in [6.45, 7) is 6.95. The van der Waals surface area contributed by atoms with Crippen LogP contribution in [0.25, 0.3) is 0 Å². The smallest absolute Gasteiger partial charge is 0.145 e. The topological polar surface area (TPSA) is 66.2 Å². The molecule has 82 valence electrons. The Balaban J connectivity index is 2.55. The molecule has 0 saturated carbocycles. The molecule has 15 heavy (non-hydrogen) atoms. The predicted molar refractivity (Wildman–Crippen MR) is 59.7 cm³/mol. The van der Waals surface area contributed by atoms with Crippen molar-refractivity contribution in [1.82, 2.24) is 9.36 Å². The maximum Gasteiger partial charge on any atom is 0.145 e. The highest BCUT2D eigenvalue weighted by Gasteiger charge is 2.09. The van der Waals surface area contributed by atoms with Crippen LogP contribution in [-0.4, -0.2) is 31.8 Å². The Morgan fingerprint density at radius 1 is 1.20 bits per heavy atom. The van der Waals surface area contributed by atoms with Crippen LogP contribution in [0.5, 0.6) is 0 Å². The van der Waals surface area contributed by atoms with Gasteiger partial charge in [0, 0.05) is 12.8 Å². The van der Waals surface area contributed by atoms with Crippen LogP contribution >= 0.6 is 11.5 Å². The lowest BCUT2D eigenvalue weighted by Crippen LogP contribution is -2.08. The van der Waals surface area contributed by atoms with Crippen molar-refractivity contribution in [3.8, 4) is 0 Å². The lowest BCUT2D eigenvalue weighted by atomic mass is 10.2. The van der Waals surface area contributed by atoms with Crippen LogP contribution in [0.4, 0.5) is 0 Å². The summed E-state index contributed by atoms with van der Waals surface area (Å²) in [5.74, 6) is 0.582. The van der Waals surface area contributed by atoms with Gasteiger partial charge in [0.15, 0.2) is 0 Å². The summed E-state index contributed by atoms with van der Waals surface area (Å²) in [5, 5.41) is 19.3. The van der Waals surface area contributed by atoms with Crippen LogP contribution in [0.1, 0.15) is 10.8 Å². The van der Waals surface area contributed by atoms with E-state index in [1.54, 1.807) is 0 Å². The van der Waals surface area contributed by atoms with Crippen LogP contribution in [0, 0.1) is 0 Å². The fraction of sp³-hybridized carbons (Fsp3) is 0.400. The quantitative estimate of drug-likeness (QED) is 0.701. The summed E-state index contributed by atoms with van der Waals surface area (Å²) in [6, 6.07) is 0. The first-order valence-corrected chi connectivity index (χ1v) is 5.35. The Morgan fingerprint density at radius 3 is 2.40 bits per heavy atom. The van der Waals surface area contributed by atoms with E-state index < -0.39 is 12.2 Å². The minimum absolute atomic E-state index is 0.365. The minimum Gasteiger partial charge on any atom is -0.389 e. The molecule has 1 rings (SSSR count). The van der Waals surface area contributed by atoms with Gasteiger partial charge in [0.25, 0.3) is 0 Å². The highest BCUT2D eigenvalue weighted by atomic mass is 32.1. The van der Waals surface area contributed by atoms with E-state index in [0.29, 0.717) is 18.7 Å². The largest absolute Gasteiger partial charge is 0.389 e. The fourth-order valence-corrected chi connectivity index (χ4v) is 1.71. The molecule has 2 N–H and O–H groups in total.